The molecule has 0 aliphatic heterocycles. The predicted octanol–water partition coefficient (Wildman–Crippen LogP) is 2.90. The van der Waals surface area contributed by atoms with Crippen molar-refractivity contribution in [2.24, 2.45) is 0 Å². The standard InChI is InChI=1S/C17H21F2NO5/c1-23-14-9-11(7-8-13(14)25-17(18)19)16(22)24-10-15(21)20-12-5-3-2-4-6-12/h7-9,12,17H,2-6,10H2,1H3,(H,20,21). The van der Waals surface area contributed by atoms with Crippen molar-refractivity contribution in [2.45, 2.75) is 44.8 Å². The van der Waals surface area contributed by atoms with Crippen LogP contribution in [0, 0.1) is 0 Å². The van der Waals surface area contributed by atoms with E-state index in [-0.39, 0.29) is 29.0 Å². The van der Waals surface area contributed by atoms with Crippen molar-refractivity contribution in [3.05, 3.63) is 23.8 Å². The number of carbonyl (C=O) groups excluding carboxylic acids is 2. The van der Waals surface area contributed by atoms with Crippen molar-refractivity contribution in [1.29, 1.82) is 0 Å². The Morgan fingerprint density at radius 1 is 1.20 bits per heavy atom. The van der Waals surface area contributed by atoms with Gasteiger partial charge in [-0.1, -0.05) is 19.3 Å². The third-order valence-corrected chi connectivity index (χ3v) is 3.92. The summed E-state index contributed by atoms with van der Waals surface area (Å²) in [7, 11) is 1.26. The predicted molar refractivity (Wildman–Crippen MR) is 84.9 cm³/mol. The summed E-state index contributed by atoms with van der Waals surface area (Å²) in [4.78, 5) is 23.8. The quantitative estimate of drug-likeness (QED) is 0.760. The molecule has 2 rings (SSSR count). The van der Waals surface area contributed by atoms with Crippen LogP contribution in [0.5, 0.6) is 11.5 Å². The van der Waals surface area contributed by atoms with E-state index in [2.05, 4.69) is 10.1 Å². The topological polar surface area (TPSA) is 73.9 Å². The van der Waals surface area contributed by atoms with Crippen LogP contribution in [0.2, 0.25) is 0 Å². The molecule has 0 aromatic heterocycles. The number of nitrogens with one attached hydrogen (secondary N) is 1. The summed E-state index contributed by atoms with van der Waals surface area (Å²) in [6.45, 7) is -3.40. The Kier molecular flexibility index (Phi) is 6.97. The molecule has 0 spiro atoms. The number of methoxy groups -OCH3 is 1. The van der Waals surface area contributed by atoms with Gasteiger partial charge in [0.15, 0.2) is 18.1 Å². The lowest BCUT2D eigenvalue weighted by molar-refractivity contribution is -0.125. The molecule has 1 aromatic carbocycles. The third kappa shape index (κ3) is 5.88. The van der Waals surface area contributed by atoms with Gasteiger partial charge in [-0.25, -0.2) is 4.79 Å². The zero-order valence-corrected chi connectivity index (χ0v) is 13.9. The summed E-state index contributed by atoms with van der Waals surface area (Å²) in [5.41, 5.74) is 0.0731. The van der Waals surface area contributed by atoms with E-state index < -0.39 is 19.2 Å². The minimum absolute atomic E-state index is 0.0265. The Hall–Kier alpha value is -2.38. The molecule has 1 fully saturated rings. The second kappa shape index (κ2) is 9.19. The molecule has 25 heavy (non-hydrogen) atoms. The average Bonchev–Trinajstić information content (AvgIpc) is 2.60. The average molecular weight is 357 g/mol. The molecule has 1 amide bonds. The molecule has 1 N–H and O–H groups in total. The van der Waals surface area contributed by atoms with Crippen molar-refractivity contribution in [2.75, 3.05) is 13.7 Å². The molecule has 1 aliphatic rings. The van der Waals surface area contributed by atoms with Crippen molar-refractivity contribution in [3.8, 4) is 11.5 Å². The maximum atomic E-state index is 12.3. The van der Waals surface area contributed by atoms with E-state index in [0.717, 1.165) is 25.7 Å². The van der Waals surface area contributed by atoms with Crippen LogP contribution in [-0.4, -0.2) is 38.2 Å². The van der Waals surface area contributed by atoms with Crippen molar-refractivity contribution in [1.82, 2.24) is 5.32 Å². The van der Waals surface area contributed by atoms with Crippen LogP contribution >= 0.6 is 0 Å². The van der Waals surface area contributed by atoms with E-state index >= 15 is 0 Å². The molecule has 1 aliphatic carbocycles. The van der Waals surface area contributed by atoms with E-state index in [1.807, 2.05) is 0 Å². The number of halogens is 2. The van der Waals surface area contributed by atoms with Gasteiger partial charge in [0.1, 0.15) is 0 Å². The molecule has 0 bridgehead atoms. The van der Waals surface area contributed by atoms with E-state index in [9.17, 15) is 18.4 Å². The molecule has 0 unspecified atom stereocenters. The zero-order valence-electron chi connectivity index (χ0n) is 13.9. The number of alkyl halides is 2. The van der Waals surface area contributed by atoms with Crippen LogP contribution in [-0.2, 0) is 9.53 Å². The minimum atomic E-state index is -3.00. The van der Waals surface area contributed by atoms with Gasteiger partial charge in [-0.05, 0) is 31.0 Å². The normalized spacial score (nSPS) is 14.9. The summed E-state index contributed by atoms with van der Waals surface area (Å²) in [5.74, 6) is -1.32. The maximum absolute atomic E-state index is 12.3. The maximum Gasteiger partial charge on any atom is 0.387 e. The Bertz CT molecular complexity index is 603. The number of amides is 1. The number of hydrogen-bond donors (Lipinski definition) is 1. The highest BCUT2D eigenvalue weighted by atomic mass is 19.3. The number of ether oxygens (including phenoxy) is 3. The first-order valence-corrected chi connectivity index (χ1v) is 8.09. The Morgan fingerprint density at radius 3 is 2.56 bits per heavy atom. The zero-order chi connectivity index (χ0) is 18.2. The summed E-state index contributed by atoms with van der Waals surface area (Å²) in [6, 6.07) is 3.80. The van der Waals surface area contributed by atoms with E-state index in [4.69, 9.17) is 9.47 Å². The monoisotopic (exact) mass is 357 g/mol. The van der Waals surface area contributed by atoms with Crippen molar-refractivity contribution in [3.63, 3.8) is 0 Å². The number of benzene rings is 1. The highest BCUT2D eigenvalue weighted by Crippen LogP contribution is 2.29. The fourth-order valence-corrected chi connectivity index (χ4v) is 2.72. The lowest BCUT2D eigenvalue weighted by Crippen LogP contribution is -2.38. The molecular formula is C17H21F2NO5. The molecule has 0 radical (unpaired) electrons. The van der Waals surface area contributed by atoms with E-state index in [1.165, 1.54) is 31.7 Å². The first-order chi connectivity index (χ1) is 12.0. The highest BCUT2D eigenvalue weighted by Gasteiger charge is 2.18. The number of hydrogen-bond acceptors (Lipinski definition) is 5. The first kappa shape index (κ1) is 19.0. The molecule has 138 valence electrons. The summed E-state index contributed by atoms with van der Waals surface area (Å²) < 4.78 is 38.7. The van der Waals surface area contributed by atoms with Gasteiger partial charge >= 0.3 is 12.6 Å². The number of esters is 1. The molecule has 1 saturated carbocycles. The van der Waals surface area contributed by atoms with Crippen LogP contribution in [0.4, 0.5) is 8.78 Å². The lowest BCUT2D eigenvalue weighted by atomic mass is 9.95. The fourth-order valence-electron chi connectivity index (χ4n) is 2.72. The van der Waals surface area contributed by atoms with Crippen molar-refractivity contribution >= 4 is 11.9 Å². The van der Waals surface area contributed by atoms with Gasteiger partial charge in [0.2, 0.25) is 0 Å². The highest BCUT2D eigenvalue weighted by molar-refractivity contribution is 5.92. The minimum Gasteiger partial charge on any atom is -0.493 e. The molecule has 0 atom stereocenters. The van der Waals surface area contributed by atoms with Gasteiger partial charge < -0.3 is 19.5 Å². The van der Waals surface area contributed by atoms with Gasteiger partial charge in [-0.15, -0.1) is 0 Å². The Morgan fingerprint density at radius 2 is 1.92 bits per heavy atom. The molecule has 0 heterocycles. The van der Waals surface area contributed by atoms with Gasteiger partial charge in [-0.3, -0.25) is 4.79 Å². The molecule has 8 heteroatoms. The van der Waals surface area contributed by atoms with Crippen LogP contribution in [0.15, 0.2) is 18.2 Å². The molecule has 1 aromatic rings. The van der Waals surface area contributed by atoms with Crippen molar-refractivity contribution < 1.29 is 32.6 Å². The van der Waals surface area contributed by atoms with Crippen LogP contribution < -0.4 is 14.8 Å². The lowest BCUT2D eigenvalue weighted by Gasteiger charge is -2.22. The molecule has 6 nitrogen and oxygen atoms in total. The Labute approximate surface area is 144 Å². The van der Waals surface area contributed by atoms with Gasteiger partial charge in [-0.2, -0.15) is 8.78 Å². The van der Waals surface area contributed by atoms with E-state index in [1.54, 1.807) is 0 Å². The summed E-state index contributed by atoms with van der Waals surface area (Å²) in [6.07, 6.45) is 5.20. The van der Waals surface area contributed by atoms with Gasteiger partial charge in [0, 0.05) is 6.04 Å². The van der Waals surface area contributed by atoms with Crippen LogP contribution in [0.25, 0.3) is 0 Å². The first-order valence-electron chi connectivity index (χ1n) is 8.09. The van der Waals surface area contributed by atoms with Crippen LogP contribution in [0.1, 0.15) is 42.5 Å². The SMILES string of the molecule is COc1cc(C(=O)OCC(=O)NC2CCCCC2)ccc1OC(F)F. The number of rotatable bonds is 7. The third-order valence-electron chi connectivity index (χ3n) is 3.92. The van der Waals surface area contributed by atoms with Gasteiger partial charge in [0.25, 0.3) is 5.91 Å². The summed E-state index contributed by atoms with van der Waals surface area (Å²) in [5, 5.41) is 2.83. The van der Waals surface area contributed by atoms with Crippen LogP contribution in [0.3, 0.4) is 0 Å². The summed E-state index contributed by atoms with van der Waals surface area (Å²) >= 11 is 0. The fraction of sp³-hybridized carbons (Fsp3) is 0.529. The van der Waals surface area contributed by atoms with Gasteiger partial charge in [0.05, 0.1) is 12.7 Å². The second-order valence-electron chi connectivity index (χ2n) is 5.72. The molecular weight excluding hydrogens is 336 g/mol. The van der Waals surface area contributed by atoms with E-state index in [0.29, 0.717) is 0 Å². The largest absolute Gasteiger partial charge is 0.493 e. The smallest absolute Gasteiger partial charge is 0.387 e. The Balaban J connectivity index is 1.88. The number of carbonyl (C=O) groups is 2. The molecule has 0 saturated heterocycles. The second-order valence-corrected chi connectivity index (χ2v) is 5.72.